The van der Waals surface area contributed by atoms with E-state index in [-0.39, 0.29) is 0 Å². The Morgan fingerprint density at radius 3 is 2.71 bits per heavy atom. The molecule has 3 aromatic rings. The number of fused-ring (bicyclic) bond motifs is 1. The van der Waals surface area contributed by atoms with Crippen molar-refractivity contribution in [2.45, 2.75) is 0 Å². The average Bonchev–Trinajstić information content (AvgIpc) is 2.67. The van der Waals surface area contributed by atoms with Crippen LogP contribution in [0.5, 0.6) is 5.75 Å². The zero-order valence-electron chi connectivity index (χ0n) is 13.6. The number of methoxy groups -OCH3 is 1. The Morgan fingerprint density at radius 2 is 1.88 bits per heavy atom. The highest BCUT2D eigenvalue weighted by Crippen LogP contribution is 2.31. The number of benzene rings is 2. The number of hydrogen-bond donors (Lipinski definition) is 0. The Bertz CT molecular complexity index is 860. The lowest BCUT2D eigenvalue weighted by atomic mass is 10.0. The maximum Gasteiger partial charge on any atom is 0.148 e. The third-order valence-corrected chi connectivity index (χ3v) is 4.28. The Balaban J connectivity index is 1.76. The van der Waals surface area contributed by atoms with Gasteiger partial charge in [-0.2, -0.15) is 0 Å². The first-order chi connectivity index (χ1) is 11.8. The Labute approximate surface area is 140 Å². The van der Waals surface area contributed by atoms with E-state index >= 15 is 0 Å². The molecule has 0 N–H and O–H groups in total. The Hall–Kier alpha value is -2.66. The summed E-state index contributed by atoms with van der Waals surface area (Å²) in [4.78, 5) is 11.6. The largest absolute Gasteiger partial charge is 0.496 e. The van der Waals surface area contributed by atoms with E-state index in [9.17, 15) is 0 Å². The number of nitrogens with zero attached hydrogens (tertiary/aromatic N) is 3. The van der Waals surface area contributed by atoms with Crippen molar-refractivity contribution in [2.24, 2.45) is 0 Å². The minimum atomic E-state index is 0.737. The molecule has 1 aromatic heterocycles. The van der Waals surface area contributed by atoms with E-state index < -0.39 is 0 Å². The molecule has 0 amide bonds. The molecule has 0 radical (unpaired) electrons. The monoisotopic (exact) mass is 321 g/mol. The van der Waals surface area contributed by atoms with Gasteiger partial charge < -0.3 is 14.4 Å². The molecule has 2 aromatic carbocycles. The molecule has 0 spiro atoms. The predicted octanol–water partition coefficient (Wildman–Crippen LogP) is 3.14. The van der Waals surface area contributed by atoms with Gasteiger partial charge in [-0.05, 0) is 23.8 Å². The van der Waals surface area contributed by atoms with Gasteiger partial charge in [0.2, 0.25) is 0 Å². The normalized spacial score (nSPS) is 14.8. The highest BCUT2D eigenvalue weighted by atomic mass is 16.5. The number of ether oxygens (including phenoxy) is 2. The van der Waals surface area contributed by atoms with Crippen molar-refractivity contribution < 1.29 is 9.47 Å². The molecule has 1 saturated heterocycles. The molecule has 5 nitrogen and oxygen atoms in total. The van der Waals surface area contributed by atoms with Crippen LogP contribution in [0.4, 0.5) is 5.82 Å². The van der Waals surface area contributed by atoms with Gasteiger partial charge >= 0.3 is 0 Å². The second-order valence-corrected chi connectivity index (χ2v) is 5.73. The van der Waals surface area contributed by atoms with Gasteiger partial charge in [0.05, 0.1) is 37.6 Å². The quantitative estimate of drug-likeness (QED) is 0.742. The Morgan fingerprint density at radius 1 is 1.04 bits per heavy atom. The number of para-hydroxylation sites is 1. The molecular formula is C19H19N3O2. The predicted molar refractivity (Wildman–Crippen MR) is 94.6 cm³/mol. The minimum Gasteiger partial charge on any atom is -0.496 e. The molecule has 0 unspecified atom stereocenters. The van der Waals surface area contributed by atoms with E-state index in [0.717, 1.165) is 60.0 Å². The topological polar surface area (TPSA) is 47.5 Å². The van der Waals surface area contributed by atoms with Crippen molar-refractivity contribution in [2.75, 3.05) is 38.3 Å². The summed E-state index contributed by atoms with van der Waals surface area (Å²) in [6.07, 6.45) is 1.84. The van der Waals surface area contributed by atoms with Gasteiger partial charge in [0, 0.05) is 18.7 Å². The highest BCUT2D eigenvalue weighted by molar-refractivity contribution is 5.83. The molecule has 1 aliphatic rings. The number of morpholine rings is 1. The fourth-order valence-corrected chi connectivity index (χ4v) is 3.00. The van der Waals surface area contributed by atoms with Crippen LogP contribution >= 0.6 is 0 Å². The molecule has 0 bridgehead atoms. The fraction of sp³-hybridized carbons (Fsp3) is 0.263. The third-order valence-electron chi connectivity index (χ3n) is 4.28. The second-order valence-electron chi connectivity index (χ2n) is 5.73. The van der Waals surface area contributed by atoms with Gasteiger partial charge in [-0.3, -0.25) is 4.98 Å². The first-order valence-electron chi connectivity index (χ1n) is 8.08. The molecule has 1 aliphatic heterocycles. The van der Waals surface area contributed by atoms with Crippen LogP contribution in [0.1, 0.15) is 0 Å². The van der Waals surface area contributed by atoms with Crippen molar-refractivity contribution in [1.82, 2.24) is 9.97 Å². The van der Waals surface area contributed by atoms with E-state index in [2.05, 4.69) is 28.1 Å². The average molecular weight is 321 g/mol. The Kier molecular flexibility index (Phi) is 4.01. The van der Waals surface area contributed by atoms with Crippen LogP contribution in [0, 0.1) is 0 Å². The third kappa shape index (κ3) is 2.78. The SMILES string of the molecule is COc1ccccc1-c1ccc2ncc(N3CCOCC3)nc2c1. The molecule has 2 heterocycles. The summed E-state index contributed by atoms with van der Waals surface area (Å²) in [7, 11) is 1.69. The molecular weight excluding hydrogens is 302 g/mol. The maximum absolute atomic E-state index is 5.47. The zero-order chi connectivity index (χ0) is 16.4. The van der Waals surface area contributed by atoms with E-state index in [1.807, 2.05) is 30.5 Å². The lowest BCUT2D eigenvalue weighted by Gasteiger charge is -2.27. The fourth-order valence-electron chi connectivity index (χ4n) is 3.00. The number of anilines is 1. The summed E-state index contributed by atoms with van der Waals surface area (Å²) in [5.74, 6) is 1.76. The van der Waals surface area contributed by atoms with Gasteiger partial charge in [0.25, 0.3) is 0 Å². The molecule has 4 rings (SSSR count). The zero-order valence-corrected chi connectivity index (χ0v) is 13.6. The van der Waals surface area contributed by atoms with E-state index in [0.29, 0.717) is 0 Å². The molecule has 5 heteroatoms. The number of aromatic nitrogens is 2. The standard InChI is InChI=1S/C19H19N3O2/c1-23-18-5-3-2-4-15(18)14-6-7-16-17(12-14)21-19(13-20-16)22-8-10-24-11-9-22/h2-7,12-13H,8-11H2,1H3. The van der Waals surface area contributed by atoms with Crippen LogP contribution in [-0.4, -0.2) is 43.4 Å². The molecule has 1 fully saturated rings. The van der Waals surface area contributed by atoms with Crippen LogP contribution < -0.4 is 9.64 Å². The van der Waals surface area contributed by atoms with Crippen LogP contribution in [0.15, 0.2) is 48.7 Å². The lowest BCUT2D eigenvalue weighted by molar-refractivity contribution is 0.122. The highest BCUT2D eigenvalue weighted by Gasteiger charge is 2.14. The van der Waals surface area contributed by atoms with Gasteiger partial charge in [-0.25, -0.2) is 4.98 Å². The smallest absolute Gasteiger partial charge is 0.148 e. The first-order valence-corrected chi connectivity index (χ1v) is 8.08. The first kappa shape index (κ1) is 14.9. The van der Waals surface area contributed by atoms with Gasteiger partial charge in [0.15, 0.2) is 0 Å². The van der Waals surface area contributed by atoms with E-state index in [1.54, 1.807) is 7.11 Å². The van der Waals surface area contributed by atoms with Crippen LogP contribution in [0.25, 0.3) is 22.2 Å². The number of hydrogen-bond acceptors (Lipinski definition) is 5. The number of rotatable bonds is 3. The molecule has 24 heavy (non-hydrogen) atoms. The lowest BCUT2D eigenvalue weighted by Crippen LogP contribution is -2.36. The summed E-state index contributed by atoms with van der Waals surface area (Å²) < 4.78 is 10.9. The molecule has 0 saturated carbocycles. The van der Waals surface area contributed by atoms with E-state index in [4.69, 9.17) is 14.5 Å². The van der Waals surface area contributed by atoms with Crippen LogP contribution in [-0.2, 0) is 4.74 Å². The van der Waals surface area contributed by atoms with Gasteiger partial charge in [-0.1, -0.05) is 24.3 Å². The summed E-state index contributed by atoms with van der Waals surface area (Å²) in [5.41, 5.74) is 3.92. The summed E-state index contributed by atoms with van der Waals surface area (Å²) in [5, 5.41) is 0. The van der Waals surface area contributed by atoms with Crippen molar-refractivity contribution in [3.63, 3.8) is 0 Å². The second kappa shape index (κ2) is 6.45. The van der Waals surface area contributed by atoms with E-state index in [1.165, 1.54) is 0 Å². The van der Waals surface area contributed by atoms with Crippen molar-refractivity contribution in [3.05, 3.63) is 48.7 Å². The van der Waals surface area contributed by atoms with Crippen molar-refractivity contribution in [1.29, 1.82) is 0 Å². The van der Waals surface area contributed by atoms with Crippen molar-refractivity contribution >= 4 is 16.9 Å². The van der Waals surface area contributed by atoms with Gasteiger partial charge in [0.1, 0.15) is 11.6 Å². The molecule has 0 aliphatic carbocycles. The van der Waals surface area contributed by atoms with Crippen molar-refractivity contribution in [3.8, 4) is 16.9 Å². The summed E-state index contributed by atoms with van der Waals surface area (Å²) in [6.45, 7) is 3.18. The minimum absolute atomic E-state index is 0.737. The molecule has 0 atom stereocenters. The summed E-state index contributed by atoms with van der Waals surface area (Å²) >= 11 is 0. The van der Waals surface area contributed by atoms with Gasteiger partial charge in [-0.15, -0.1) is 0 Å². The van der Waals surface area contributed by atoms with Crippen LogP contribution in [0.3, 0.4) is 0 Å². The van der Waals surface area contributed by atoms with Crippen LogP contribution in [0.2, 0.25) is 0 Å². The maximum atomic E-state index is 5.47. The summed E-state index contributed by atoms with van der Waals surface area (Å²) in [6, 6.07) is 14.1. The molecule has 122 valence electrons.